The quantitative estimate of drug-likeness (QED) is 0.417. The molecule has 86 valence electrons. The van der Waals surface area contributed by atoms with Gasteiger partial charge in [0.15, 0.2) is 0 Å². The Morgan fingerprint density at radius 1 is 1.53 bits per heavy atom. The monoisotopic (exact) mass is 223 g/mol. The summed E-state index contributed by atoms with van der Waals surface area (Å²) in [6.45, 7) is 2.12. The first-order chi connectivity index (χ1) is 6.73. The van der Waals surface area contributed by atoms with Crippen LogP contribution in [0.3, 0.4) is 0 Å². The zero-order valence-electron chi connectivity index (χ0n) is 8.41. The third kappa shape index (κ3) is 6.70. The van der Waals surface area contributed by atoms with Gasteiger partial charge in [-0.2, -0.15) is 13.2 Å². The average molecular weight is 223 g/mol. The highest BCUT2D eigenvalue weighted by Gasteiger charge is 2.33. The van der Waals surface area contributed by atoms with E-state index in [1.165, 1.54) is 19.1 Å². The molecular formula is C9H12F3NO2. The van der Waals surface area contributed by atoms with Crippen molar-refractivity contribution in [1.82, 2.24) is 0 Å². The predicted octanol–water partition coefficient (Wildman–Crippen LogP) is 2.96. The molecule has 15 heavy (non-hydrogen) atoms. The van der Waals surface area contributed by atoms with Crippen molar-refractivity contribution in [3.8, 4) is 0 Å². The zero-order chi connectivity index (χ0) is 12.1. The van der Waals surface area contributed by atoms with Crippen molar-refractivity contribution >= 4 is 0 Å². The van der Waals surface area contributed by atoms with Gasteiger partial charge in [0, 0.05) is 4.92 Å². The fourth-order valence-corrected chi connectivity index (χ4v) is 0.869. The molecule has 0 aromatic heterocycles. The second-order valence-corrected chi connectivity index (χ2v) is 3.16. The molecule has 0 spiro atoms. The van der Waals surface area contributed by atoms with Crippen LogP contribution in [0.5, 0.6) is 0 Å². The highest BCUT2D eigenvalue weighted by atomic mass is 19.4. The van der Waals surface area contributed by atoms with Gasteiger partial charge in [-0.25, -0.2) is 0 Å². The van der Waals surface area contributed by atoms with E-state index in [2.05, 4.69) is 0 Å². The van der Waals surface area contributed by atoms with Crippen LogP contribution in [0.25, 0.3) is 0 Å². The van der Waals surface area contributed by atoms with Crippen LogP contribution in [0.4, 0.5) is 13.2 Å². The zero-order valence-corrected chi connectivity index (χ0v) is 8.41. The molecule has 0 aromatic rings. The van der Waals surface area contributed by atoms with Crippen molar-refractivity contribution in [1.29, 1.82) is 0 Å². The Kier molecular flexibility index (Phi) is 5.04. The maximum absolute atomic E-state index is 12.1. The summed E-state index contributed by atoms with van der Waals surface area (Å²) < 4.78 is 36.2. The highest BCUT2D eigenvalue weighted by Crippen LogP contribution is 2.27. The van der Waals surface area contributed by atoms with Crippen LogP contribution in [0, 0.1) is 16.0 Å². The number of rotatable bonds is 4. The van der Waals surface area contributed by atoms with Gasteiger partial charge in [0.2, 0.25) is 6.54 Å². The molecular weight excluding hydrogens is 211 g/mol. The predicted molar refractivity (Wildman–Crippen MR) is 50.0 cm³/mol. The Morgan fingerprint density at radius 3 is 2.47 bits per heavy atom. The largest absolute Gasteiger partial charge is 0.394 e. The van der Waals surface area contributed by atoms with Crippen LogP contribution < -0.4 is 0 Å². The maximum atomic E-state index is 12.1. The normalized spacial score (nSPS) is 15.7. The summed E-state index contributed by atoms with van der Waals surface area (Å²) in [5, 5.41) is 9.92. The first-order valence-corrected chi connectivity index (χ1v) is 4.27. The van der Waals surface area contributed by atoms with Crippen molar-refractivity contribution in [3.63, 3.8) is 0 Å². The lowest BCUT2D eigenvalue weighted by Crippen LogP contribution is -2.17. The number of hydrogen-bond acceptors (Lipinski definition) is 2. The van der Waals surface area contributed by atoms with Crippen molar-refractivity contribution in [2.45, 2.75) is 20.0 Å². The summed E-state index contributed by atoms with van der Waals surface area (Å²) in [6, 6.07) is 0. The number of nitrogens with zero attached hydrogens (tertiary/aromatic N) is 1. The Hall–Kier alpha value is -1.33. The van der Waals surface area contributed by atoms with Gasteiger partial charge in [0.05, 0.1) is 5.92 Å². The van der Waals surface area contributed by atoms with Gasteiger partial charge in [-0.15, -0.1) is 0 Å². The van der Waals surface area contributed by atoms with Gasteiger partial charge in [0.25, 0.3) is 0 Å². The molecule has 6 heteroatoms. The molecule has 0 N–H and O–H groups in total. The van der Waals surface area contributed by atoms with E-state index in [9.17, 15) is 23.3 Å². The van der Waals surface area contributed by atoms with E-state index in [-0.39, 0.29) is 6.54 Å². The Morgan fingerprint density at radius 2 is 2.07 bits per heavy atom. The SMILES string of the molecule is CC(/C=C\C[N+](=O)[O-])=C/C(C)C(F)(F)F. The minimum atomic E-state index is -4.27. The summed E-state index contributed by atoms with van der Waals surface area (Å²) >= 11 is 0. The minimum Gasteiger partial charge on any atom is -0.264 e. The molecule has 0 saturated heterocycles. The number of halogens is 3. The van der Waals surface area contributed by atoms with Crippen LogP contribution in [-0.2, 0) is 0 Å². The van der Waals surface area contributed by atoms with Gasteiger partial charge >= 0.3 is 6.18 Å². The van der Waals surface area contributed by atoms with E-state index in [1.54, 1.807) is 0 Å². The number of hydrogen-bond donors (Lipinski definition) is 0. The van der Waals surface area contributed by atoms with Gasteiger partial charge in [-0.3, -0.25) is 10.1 Å². The van der Waals surface area contributed by atoms with Crippen LogP contribution >= 0.6 is 0 Å². The van der Waals surface area contributed by atoms with E-state index in [1.807, 2.05) is 0 Å². The van der Waals surface area contributed by atoms with Crippen LogP contribution in [0.2, 0.25) is 0 Å². The fourth-order valence-electron chi connectivity index (χ4n) is 0.869. The number of allylic oxidation sites excluding steroid dienone is 3. The molecule has 0 aliphatic rings. The van der Waals surface area contributed by atoms with Crippen LogP contribution in [-0.4, -0.2) is 17.6 Å². The Bertz CT molecular complexity index is 282. The van der Waals surface area contributed by atoms with Crippen molar-refractivity contribution in [2.75, 3.05) is 6.54 Å². The second-order valence-electron chi connectivity index (χ2n) is 3.16. The second kappa shape index (κ2) is 5.53. The summed E-state index contributed by atoms with van der Waals surface area (Å²) in [4.78, 5) is 9.36. The van der Waals surface area contributed by atoms with Crippen molar-refractivity contribution in [3.05, 3.63) is 33.9 Å². The molecule has 3 nitrogen and oxygen atoms in total. The average Bonchev–Trinajstić information content (AvgIpc) is 2.01. The van der Waals surface area contributed by atoms with E-state index in [4.69, 9.17) is 0 Å². The van der Waals surface area contributed by atoms with E-state index in [0.29, 0.717) is 5.57 Å². The summed E-state index contributed by atoms with van der Waals surface area (Å²) in [6.07, 6.45) is -0.714. The van der Waals surface area contributed by atoms with Gasteiger partial charge in [-0.05, 0) is 13.0 Å². The van der Waals surface area contributed by atoms with Crippen LogP contribution in [0.1, 0.15) is 13.8 Å². The molecule has 1 atom stereocenters. The molecule has 0 heterocycles. The fraction of sp³-hybridized carbons (Fsp3) is 0.556. The molecule has 1 unspecified atom stereocenters. The van der Waals surface area contributed by atoms with E-state index >= 15 is 0 Å². The minimum absolute atomic E-state index is 0.363. The molecule has 0 amide bonds. The Balaban J connectivity index is 4.32. The Labute approximate surface area is 85.4 Å². The molecule has 0 aliphatic carbocycles. The standard InChI is InChI=1S/C9H12F3NO2/c1-7(4-3-5-13(14)15)6-8(2)9(10,11)12/h3-4,6,8H,5H2,1-2H3/b4-3-,7-6-. The summed E-state index contributed by atoms with van der Waals surface area (Å²) in [5.41, 5.74) is 0.363. The molecule has 0 fully saturated rings. The summed E-state index contributed by atoms with van der Waals surface area (Å²) in [5.74, 6) is -1.54. The lowest BCUT2D eigenvalue weighted by Gasteiger charge is -2.11. The van der Waals surface area contributed by atoms with E-state index < -0.39 is 17.0 Å². The smallest absolute Gasteiger partial charge is 0.264 e. The number of alkyl halides is 3. The van der Waals surface area contributed by atoms with Crippen molar-refractivity contribution < 1.29 is 18.1 Å². The maximum Gasteiger partial charge on any atom is 0.394 e. The molecule has 0 rings (SSSR count). The van der Waals surface area contributed by atoms with Gasteiger partial charge < -0.3 is 0 Å². The van der Waals surface area contributed by atoms with Crippen molar-refractivity contribution in [2.24, 2.45) is 5.92 Å². The van der Waals surface area contributed by atoms with E-state index in [0.717, 1.165) is 13.0 Å². The third-order valence-corrected chi connectivity index (χ3v) is 1.66. The molecule has 0 radical (unpaired) electrons. The third-order valence-electron chi connectivity index (χ3n) is 1.66. The molecule has 0 aromatic carbocycles. The lowest BCUT2D eigenvalue weighted by atomic mass is 10.1. The van der Waals surface area contributed by atoms with Gasteiger partial charge in [-0.1, -0.05) is 24.6 Å². The number of nitro groups is 1. The molecule has 0 saturated carbocycles. The topological polar surface area (TPSA) is 43.1 Å². The first-order valence-electron chi connectivity index (χ1n) is 4.27. The highest BCUT2D eigenvalue weighted by molar-refractivity contribution is 5.17. The summed E-state index contributed by atoms with van der Waals surface area (Å²) in [7, 11) is 0. The molecule has 0 aliphatic heterocycles. The molecule has 0 bridgehead atoms. The van der Waals surface area contributed by atoms with Gasteiger partial charge in [0.1, 0.15) is 0 Å². The first kappa shape index (κ1) is 13.7. The lowest BCUT2D eigenvalue weighted by molar-refractivity contribution is -0.468. The van der Waals surface area contributed by atoms with Crippen LogP contribution in [0.15, 0.2) is 23.8 Å².